The topological polar surface area (TPSA) is 56.7 Å². The lowest BCUT2D eigenvalue weighted by atomic mass is 10.1. The maximum absolute atomic E-state index is 5.90. The van der Waals surface area contributed by atoms with Gasteiger partial charge in [0.15, 0.2) is 5.82 Å². The molecule has 0 atom stereocenters. The average molecular weight is 202 g/mol. The van der Waals surface area contributed by atoms with E-state index in [-0.39, 0.29) is 0 Å². The number of nitrogen functional groups attached to an aromatic ring is 1. The van der Waals surface area contributed by atoms with Gasteiger partial charge in [-0.1, -0.05) is 19.1 Å². The Morgan fingerprint density at radius 1 is 1.33 bits per heavy atom. The number of anilines is 1. The van der Waals surface area contributed by atoms with Gasteiger partial charge in [0.05, 0.1) is 0 Å². The first-order chi connectivity index (χ1) is 7.33. The van der Waals surface area contributed by atoms with Crippen LogP contribution in [0.15, 0.2) is 30.6 Å². The van der Waals surface area contributed by atoms with Crippen LogP contribution in [0.3, 0.4) is 0 Å². The molecule has 2 aromatic rings. The predicted octanol–water partition coefficient (Wildman–Crippen LogP) is 1.94. The van der Waals surface area contributed by atoms with Gasteiger partial charge in [-0.2, -0.15) is 5.10 Å². The van der Waals surface area contributed by atoms with Gasteiger partial charge in [0.2, 0.25) is 0 Å². The van der Waals surface area contributed by atoms with E-state index < -0.39 is 0 Å². The zero-order chi connectivity index (χ0) is 10.7. The van der Waals surface area contributed by atoms with E-state index in [9.17, 15) is 0 Å². The van der Waals surface area contributed by atoms with E-state index in [0.29, 0.717) is 0 Å². The molecule has 0 aliphatic carbocycles. The fourth-order valence-corrected chi connectivity index (χ4v) is 1.55. The molecule has 0 aliphatic heterocycles. The number of benzene rings is 1. The van der Waals surface area contributed by atoms with Crippen molar-refractivity contribution in [3.63, 3.8) is 0 Å². The molecule has 4 heteroatoms. The van der Waals surface area contributed by atoms with Crippen molar-refractivity contribution in [1.29, 1.82) is 0 Å². The standard InChI is InChI=1S/C11H14N4/c1-2-7-15-11(13-8-14-15)9-5-3-4-6-10(9)12/h3-6,8H,2,7,12H2,1H3. The number of rotatable bonds is 3. The van der Waals surface area contributed by atoms with Crippen LogP contribution in [0.5, 0.6) is 0 Å². The second kappa shape index (κ2) is 4.13. The number of para-hydroxylation sites is 1. The SMILES string of the molecule is CCCn1ncnc1-c1ccccc1N. The Morgan fingerprint density at radius 3 is 2.87 bits per heavy atom. The molecule has 1 aromatic heterocycles. The number of aryl methyl sites for hydroxylation is 1. The maximum Gasteiger partial charge on any atom is 0.160 e. The van der Waals surface area contributed by atoms with Gasteiger partial charge < -0.3 is 5.73 Å². The molecule has 0 amide bonds. The monoisotopic (exact) mass is 202 g/mol. The third kappa shape index (κ3) is 1.83. The molecule has 2 N–H and O–H groups in total. The van der Waals surface area contributed by atoms with Gasteiger partial charge in [0.25, 0.3) is 0 Å². The van der Waals surface area contributed by atoms with Gasteiger partial charge in [-0.25, -0.2) is 9.67 Å². The molecule has 0 spiro atoms. The minimum absolute atomic E-state index is 0.739. The molecule has 0 aliphatic rings. The van der Waals surface area contributed by atoms with Crippen LogP contribution in [0.1, 0.15) is 13.3 Å². The van der Waals surface area contributed by atoms with Crippen LogP contribution in [0.2, 0.25) is 0 Å². The molecule has 0 radical (unpaired) electrons. The summed E-state index contributed by atoms with van der Waals surface area (Å²) in [6.45, 7) is 2.98. The molecule has 1 heterocycles. The highest BCUT2D eigenvalue weighted by Gasteiger charge is 2.08. The van der Waals surface area contributed by atoms with Crippen molar-refractivity contribution >= 4 is 5.69 Å². The van der Waals surface area contributed by atoms with Crippen molar-refractivity contribution in [2.45, 2.75) is 19.9 Å². The van der Waals surface area contributed by atoms with E-state index >= 15 is 0 Å². The largest absolute Gasteiger partial charge is 0.398 e. The highest BCUT2D eigenvalue weighted by Crippen LogP contribution is 2.22. The molecule has 15 heavy (non-hydrogen) atoms. The summed E-state index contributed by atoms with van der Waals surface area (Å²) in [5.74, 6) is 0.843. The number of hydrogen-bond acceptors (Lipinski definition) is 3. The zero-order valence-electron chi connectivity index (χ0n) is 8.72. The number of nitrogens with two attached hydrogens (primary N) is 1. The Bertz CT molecular complexity index is 447. The smallest absolute Gasteiger partial charge is 0.160 e. The second-order valence-electron chi connectivity index (χ2n) is 3.39. The van der Waals surface area contributed by atoms with Gasteiger partial charge in [0, 0.05) is 17.8 Å². The Morgan fingerprint density at radius 2 is 2.13 bits per heavy atom. The van der Waals surface area contributed by atoms with E-state index in [4.69, 9.17) is 5.73 Å². The molecule has 0 bridgehead atoms. The highest BCUT2D eigenvalue weighted by atomic mass is 15.3. The van der Waals surface area contributed by atoms with Gasteiger partial charge in [-0.05, 0) is 18.6 Å². The lowest BCUT2D eigenvalue weighted by molar-refractivity contribution is 0.608. The Kier molecular flexibility index (Phi) is 2.67. The normalized spacial score (nSPS) is 10.5. The molecule has 0 saturated heterocycles. The lowest BCUT2D eigenvalue weighted by Crippen LogP contribution is -2.03. The second-order valence-corrected chi connectivity index (χ2v) is 3.39. The van der Waals surface area contributed by atoms with Crippen molar-refractivity contribution < 1.29 is 0 Å². The van der Waals surface area contributed by atoms with Gasteiger partial charge in [0.1, 0.15) is 6.33 Å². The fourth-order valence-electron chi connectivity index (χ4n) is 1.55. The molecule has 0 saturated carbocycles. The summed E-state index contributed by atoms with van der Waals surface area (Å²) in [5.41, 5.74) is 7.58. The molecule has 4 nitrogen and oxygen atoms in total. The van der Waals surface area contributed by atoms with Gasteiger partial charge >= 0.3 is 0 Å². The molecule has 0 fully saturated rings. The molecule has 2 rings (SSSR count). The summed E-state index contributed by atoms with van der Waals surface area (Å²) in [7, 11) is 0. The summed E-state index contributed by atoms with van der Waals surface area (Å²) < 4.78 is 1.88. The van der Waals surface area contributed by atoms with E-state index in [0.717, 1.165) is 30.0 Å². The van der Waals surface area contributed by atoms with Crippen molar-refractivity contribution in [3.05, 3.63) is 30.6 Å². The Hall–Kier alpha value is -1.84. The van der Waals surface area contributed by atoms with Crippen molar-refractivity contribution in [2.24, 2.45) is 0 Å². The van der Waals surface area contributed by atoms with Crippen molar-refractivity contribution in [3.8, 4) is 11.4 Å². The predicted molar refractivity (Wildman–Crippen MR) is 60.2 cm³/mol. The van der Waals surface area contributed by atoms with E-state index in [1.54, 1.807) is 6.33 Å². The van der Waals surface area contributed by atoms with Gasteiger partial charge in [-0.3, -0.25) is 0 Å². The maximum atomic E-state index is 5.90. The molecule has 1 aromatic carbocycles. The minimum Gasteiger partial charge on any atom is -0.398 e. The van der Waals surface area contributed by atoms with Gasteiger partial charge in [-0.15, -0.1) is 0 Å². The molecule has 78 valence electrons. The van der Waals surface area contributed by atoms with E-state index in [2.05, 4.69) is 17.0 Å². The van der Waals surface area contributed by atoms with Crippen LogP contribution in [0.4, 0.5) is 5.69 Å². The number of nitrogens with zero attached hydrogens (tertiary/aromatic N) is 3. The fraction of sp³-hybridized carbons (Fsp3) is 0.273. The van der Waals surface area contributed by atoms with Crippen LogP contribution in [-0.2, 0) is 6.54 Å². The summed E-state index contributed by atoms with van der Waals surface area (Å²) >= 11 is 0. The average Bonchev–Trinajstić information content (AvgIpc) is 2.67. The lowest BCUT2D eigenvalue weighted by Gasteiger charge is -2.06. The Labute approximate surface area is 88.8 Å². The van der Waals surface area contributed by atoms with Crippen LogP contribution in [-0.4, -0.2) is 14.8 Å². The first kappa shape index (κ1) is 9.71. The summed E-state index contributed by atoms with van der Waals surface area (Å²) in [6.07, 6.45) is 2.60. The minimum atomic E-state index is 0.739. The zero-order valence-corrected chi connectivity index (χ0v) is 8.72. The van der Waals surface area contributed by atoms with E-state index in [1.807, 2.05) is 28.9 Å². The van der Waals surface area contributed by atoms with Crippen LogP contribution >= 0.6 is 0 Å². The summed E-state index contributed by atoms with van der Waals surface area (Å²) in [6, 6.07) is 7.71. The molecule has 0 unspecified atom stereocenters. The number of aromatic nitrogens is 3. The Balaban J connectivity index is 2.45. The molecular formula is C11H14N4. The first-order valence-electron chi connectivity index (χ1n) is 5.05. The third-order valence-corrected chi connectivity index (χ3v) is 2.25. The third-order valence-electron chi connectivity index (χ3n) is 2.25. The first-order valence-corrected chi connectivity index (χ1v) is 5.05. The highest BCUT2D eigenvalue weighted by molar-refractivity contribution is 5.71. The van der Waals surface area contributed by atoms with Crippen LogP contribution in [0.25, 0.3) is 11.4 Å². The van der Waals surface area contributed by atoms with Crippen molar-refractivity contribution in [2.75, 3.05) is 5.73 Å². The van der Waals surface area contributed by atoms with Crippen LogP contribution < -0.4 is 5.73 Å². The molecular weight excluding hydrogens is 188 g/mol. The summed E-state index contributed by atoms with van der Waals surface area (Å²) in [4.78, 5) is 4.24. The quantitative estimate of drug-likeness (QED) is 0.774. The van der Waals surface area contributed by atoms with E-state index in [1.165, 1.54) is 0 Å². The van der Waals surface area contributed by atoms with Crippen LogP contribution in [0, 0.1) is 0 Å². The number of hydrogen-bond donors (Lipinski definition) is 1. The summed E-state index contributed by atoms with van der Waals surface area (Å²) in [5, 5.41) is 4.17. The van der Waals surface area contributed by atoms with Crippen molar-refractivity contribution in [1.82, 2.24) is 14.8 Å².